The normalized spacial score (nSPS) is 11.0. The molecular weight excluding hydrogens is 498 g/mol. The Morgan fingerprint density at radius 1 is 1.00 bits per heavy atom. The molecule has 0 fully saturated rings. The third kappa shape index (κ3) is 4.38. The highest BCUT2D eigenvalue weighted by Crippen LogP contribution is 2.25. The van der Waals surface area contributed by atoms with Crippen molar-refractivity contribution in [3.63, 3.8) is 0 Å². The maximum Gasteiger partial charge on any atom is 0.318 e. The van der Waals surface area contributed by atoms with Gasteiger partial charge in [-0.2, -0.15) is 4.73 Å². The smallest absolute Gasteiger partial charge is 0.318 e. The first-order chi connectivity index (χ1) is 15.2. The van der Waals surface area contributed by atoms with Gasteiger partial charge in [0.1, 0.15) is 11.0 Å². The number of hydrogen-bond acceptors (Lipinski definition) is 4. The van der Waals surface area contributed by atoms with Crippen molar-refractivity contribution >= 4 is 69.1 Å². The van der Waals surface area contributed by atoms with Gasteiger partial charge in [-0.05, 0) is 29.8 Å². The molecule has 1 aromatic carbocycles. The van der Waals surface area contributed by atoms with E-state index in [-0.39, 0.29) is 21.0 Å². The summed E-state index contributed by atoms with van der Waals surface area (Å²) in [6.07, 6.45) is 5.29. The van der Waals surface area contributed by atoms with E-state index in [2.05, 4.69) is 9.98 Å². The van der Waals surface area contributed by atoms with Crippen LogP contribution in [0.15, 0.2) is 60.1 Å². The molecule has 3 heterocycles. The van der Waals surface area contributed by atoms with Crippen LogP contribution in [0.4, 0.5) is 0 Å². The number of carbonyl (C=O) groups excluding carboxylic acids is 2. The summed E-state index contributed by atoms with van der Waals surface area (Å²) in [4.78, 5) is 33.7. The number of nitrogens with zero attached hydrogens (tertiary/aromatic N) is 4. The molecule has 162 valence electrons. The van der Waals surface area contributed by atoms with E-state index >= 15 is 0 Å². The van der Waals surface area contributed by atoms with Gasteiger partial charge in [-0.1, -0.05) is 52.5 Å². The average molecular weight is 510 g/mol. The zero-order valence-corrected chi connectivity index (χ0v) is 19.0. The number of carbonyl (C=O) groups is 2. The van der Waals surface area contributed by atoms with E-state index in [1.807, 2.05) is 0 Å². The van der Waals surface area contributed by atoms with E-state index in [0.29, 0.717) is 32.4 Å². The lowest BCUT2D eigenvalue weighted by atomic mass is 10.1. The minimum atomic E-state index is -1.07. The lowest BCUT2D eigenvalue weighted by Crippen LogP contribution is -2.18. The van der Waals surface area contributed by atoms with Gasteiger partial charge in [0, 0.05) is 27.8 Å². The summed E-state index contributed by atoms with van der Waals surface area (Å²) in [5.41, 5.74) is 1.37. The number of benzene rings is 1. The highest BCUT2D eigenvalue weighted by atomic mass is 35.5. The Morgan fingerprint density at radius 3 is 2.41 bits per heavy atom. The Kier molecular flexibility index (Phi) is 6.26. The first-order valence-corrected chi connectivity index (χ1v) is 10.5. The van der Waals surface area contributed by atoms with Gasteiger partial charge in [-0.15, -0.1) is 0 Å². The van der Waals surface area contributed by atoms with Gasteiger partial charge in [0.2, 0.25) is 0 Å². The fourth-order valence-electron chi connectivity index (χ4n) is 3.14. The van der Waals surface area contributed by atoms with Crippen LogP contribution < -0.4 is 5.36 Å². The van der Waals surface area contributed by atoms with Crippen molar-refractivity contribution in [3.8, 4) is 0 Å². The minimum absolute atomic E-state index is 0.0948. The van der Waals surface area contributed by atoms with Crippen LogP contribution in [0.1, 0.15) is 15.9 Å². The summed E-state index contributed by atoms with van der Waals surface area (Å²) in [5, 5.41) is 10.6. The molecule has 0 spiro atoms. The summed E-state index contributed by atoms with van der Waals surface area (Å²) < 4.78 is 2.33. The lowest BCUT2D eigenvalue weighted by Gasteiger charge is -2.07. The summed E-state index contributed by atoms with van der Waals surface area (Å²) in [6.45, 7) is 0.301. The molecule has 0 saturated heterocycles. The molecule has 0 unspecified atom stereocenters. The lowest BCUT2D eigenvalue weighted by molar-refractivity contribution is -0.114. The fourth-order valence-corrected chi connectivity index (χ4v) is 4.14. The van der Waals surface area contributed by atoms with E-state index < -0.39 is 11.7 Å². The van der Waals surface area contributed by atoms with Crippen LogP contribution in [0, 0.1) is 0 Å². The molecule has 0 aliphatic rings. The van der Waals surface area contributed by atoms with E-state index in [1.54, 1.807) is 41.1 Å². The SMILES string of the molecule is O=C(N=c1c(Cl)cn(O)cc1Cl)C(=O)c1cn(Cc2ccc(Cl)cc2Cl)c2ncccc12. The van der Waals surface area contributed by atoms with E-state index in [4.69, 9.17) is 46.4 Å². The van der Waals surface area contributed by atoms with Crippen molar-refractivity contribution in [3.05, 3.63) is 91.7 Å². The third-order valence-electron chi connectivity index (χ3n) is 4.59. The van der Waals surface area contributed by atoms with Crippen molar-refractivity contribution in [1.29, 1.82) is 0 Å². The van der Waals surface area contributed by atoms with Gasteiger partial charge in [-0.25, -0.2) is 9.98 Å². The van der Waals surface area contributed by atoms with Crippen LogP contribution in [-0.4, -0.2) is 31.2 Å². The first-order valence-electron chi connectivity index (χ1n) is 9.02. The van der Waals surface area contributed by atoms with Crippen LogP contribution in [-0.2, 0) is 11.3 Å². The maximum absolute atomic E-state index is 13.0. The second-order valence-corrected chi connectivity index (χ2v) is 8.37. The number of Topliss-reactive ketones (excluding diaryl/α,β-unsaturated/α-hetero) is 1. The molecule has 1 N–H and O–H groups in total. The minimum Gasteiger partial charge on any atom is -0.429 e. The molecule has 0 radical (unpaired) electrons. The van der Waals surface area contributed by atoms with Gasteiger partial charge in [0.25, 0.3) is 5.78 Å². The van der Waals surface area contributed by atoms with Crippen molar-refractivity contribution in [1.82, 2.24) is 14.3 Å². The molecule has 0 atom stereocenters. The molecule has 11 heteroatoms. The van der Waals surface area contributed by atoms with E-state index in [0.717, 1.165) is 18.0 Å². The van der Waals surface area contributed by atoms with Crippen LogP contribution >= 0.6 is 46.4 Å². The molecule has 7 nitrogen and oxygen atoms in total. The monoisotopic (exact) mass is 508 g/mol. The molecule has 0 aliphatic heterocycles. The van der Waals surface area contributed by atoms with Gasteiger partial charge >= 0.3 is 5.91 Å². The number of pyridine rings is 2. The Labute approximate surface area is 201 Å². The van der Waals surface area contributed by atoms with Crippen molar-refractivity contribution in [2.75, 3.05) is 0 Å². The molecule has 1 amide bonds. The van der Waals surface area contributed by atoms with Gasteiger partial charge in [0.15, 0.2) is 0 Å². The quantitative estimate of drug-likeness (QED) is 0.237. The number of fused-ring (bicyclic) bond motifs is 1. The van der Waals surface area contributed by atoms with Crippen molar-refractivity contribution in [2.45, 2.75) is 6.54 Å². The Balaban J connectivity index is 1.76. The molecule has 0 bridgehead atoms. The van der Waals surface area contributed by atoms with Gasteiger partial charge in [-0.3, -0.25) is 9.59 Å². The second kappa shape index (κ2) is 8.96. The Morgan fingerprint density at radius 2 is 1.72 bits per heavy atom. The molecule has 4 rings (SSSR count). The maximum atomic E-state index is 13.0. The standard InChI is InChI=1S/C21H12Cl4N4O3/c22-12-4-3-11(15(23)6-12)7-28-8-14(13-2-1-5-26-20(13)28)19(30)21(31)27-18-16(24)9-29(32)10-17(18)25/h1-6,8-10,32H,7H2. The number of halogens is 4. The van der Waals surface area contributed by atoms with Crippen LogP contribution in [0.3, 0.4) is 0 Å². The first kappa shape index (κ1) is 22.4. The van der Waals surface area contributed by atoms with Gasteiger partial charge < -0.3 is 9.77 Å². The molecule has 0 aliphatic carbocycles. The zero-order chi connectivity index (χ0) is 23.0. The average Bonchev–Trinajstić information content (AvgIpc) is 3.10. The largest absolute Gasteiger partial charge is 0.429 e. The number of hydrogen-bond donors (Lipinski definition) is 1. The van der Waals surface area contributed by atoms with E-state index in [9.17, 15) is 14.8 Å². The predicted octanol–water partition coefficient (Wildman–Crippen LogP) is 5.05. The topological polar surface area (TPSA) is 89.5 Å². The fraction of sp³-hybridized carbons (Fsp3) is 0.0476. The molecular formula is C21H12Cl4N4O3. The summed E-state index contributed by atoms with van der Waals surface area (Å²) in [6, 6.07) is 8.44. The molecule has 4 aromatic rings. The molecule has 3 aromatic heterocycles. The summed E-state index contributed by atoms with van der Waals surface area (Å²) in [5.74, 6) is -1.94. The number of ketones is 1. The highest BCUT2D eigenvalue weighted by Gasteiger charge is 2.22. The van der Waals surface area contributed by atoms with Crippen molar-refractivity contribution in [2.24, 2.45) is 4.99 Å². The summed E-state index contributed by atoms with van der Waals surface area (Å²) in [7, 11) is 0. The second-order valence-electron chi connectivity index (χ2n) is 6.71. The highest BCUT2D eigenvalue weighted by molar-refractivity contribution is 6.45. The van der Waals surface area contributed by atoms with Crippen LogP contribution in [0.25, 0.3) is 11.0 Å². The molecule has 0 saturated carbocycles. The Hall–Kier alpha value is -2.84. The predicted molar refractivity (Wildman–Crippen MR) is 122 cm³/mol. The molecule has 32 heavy (non-hydrogen) atoms. The number of amides is 1. The van der Waals surface area contributed by atoms with Crippen LogP contribution in [0.5, 0.6) is 0 Å². The number of aromatic nitrogens is 3. The third-order valence-corrected chi connectivity index (χ3v) is 5.73. The van der Waals surface area contributed by atoms with Crippen molar-refractivity contribution < 1.29 is 14.8 Å². The summed E-state index contributed by atoms with van der Waals surface area (Å²) >= 11 is 24.2. The Bertz CT molecular complexity index is 1430. The number of rotatable bonds is 4. The van der Waals surface area contributed by atoms with Gasteiger partial charge in [0.05, 0.1) is 34.5 Å². The zero-order valence-electron chi connectivity index (χ0n) is 16.0. The van der Waals surface area contributed by atoms with E-state index in [1.165, 1.54) is 6.20 Å². The van der Waals surface area contributed by atoms with Crippen LogP contribution in [0.2, 0.25) is 20.1 Å².